The minimum atomic E-state index is -0.322. The second-order valence-electron chi connectivity index (χ2n) is 5.62. The van der Waals surface area contributed by atoms with E-state index in [0.717, 1.165) is 4.47 Å². The maximum atomic E-state index is 12.2. The zero-order valence-electron chi connectivity index (χ0n) is 15.0. The third kappa shape index (κ3) is 5.02. The first-order chi connectivity index (χ1) is 13.6. The van der Waals surface area contributed by atoms with Gasteiger partial charge >= 0.3 is 0 Å². The fraction of sp³-hybridized carbons (Fsp3) is 0.222. The molecule has 28 heavy (non-hydrogen) atoms. The van der Waals surface area contributed by atoms with Crippen molar-refractivity contribution in [3.05, 3.63) is 58.7 Å². The molecule has 146 valence electrons. The molecule has 0 atom stereocenters. The van der Waals surface area contributed by atoms with Crippen molar-refractivity contribution >= 4 is 45.2 Å². The number of nitrogens with one attached hydrogen (secondary N) is 2. The lowest BCUT2D eigenvalue weighted by Gasteiger charge is -2.09. The number of furan rings is 1. The van der Waals surface area contributed by atoms with Crippen LogP contribution in [0.5, 0.6) is 0 Å². The monoisotopic (exact) mass is 463 g/mol. The van der Waals surface area contributed by atoms with Gasteiger partial charge in [-0.2, -0.15) is 0 Å². The van der Waals surface area contributed by atoms with Crippen LogP contribution in [0.1, 0.15) is 23.3 Å². The highest BCUT2D eigenvalue weighted by atomic mass is 79.9. The van der Waals surface area contributed by atoms with E-state index < -0.39 is 0 Å². The molecule has 10 heteroatoms. The third-order valence-corrected chi connectivity index (χ3v) is 5.40. The van der Waals surface area contributed by atoms with Gasteiger partial charge in [-0.1, -0.05) is 23.9 Å². The van der Waals surface area contributed by atoms with E-state index in [9.17, 15) is 9.59 Å². The zero-order chi connectivity index (χ0) is 19.9. The van der Waals surface area contributed by atoms with E-state index in [1.165, 1.54) is 18.0 Å². The Morgan fingerprint density at radius 1 is 1.21 bits per heavy atom. The normalized spacial score (nSPS) is 10.6. The van der Waals surface area contributed by atoms with Gasteiger partial charge in [0.1, 0.15) is 0 Å². The van der Waals surface area contributed by atoms with Crippen LogP contribution in [-0.4, -0.2) is 32.3 Å². The van der Waals surface area contributed by atoms with Crippen LogP contribution < -0.4 is 10.6 Å². The van der Waals surface area contributed by atoms with Crippen molar-refractivity contribution in [1.82, 2.24) is 20.1 Å². The predicted octanol–water partition coefficient (Wildman–Crippen LogP) is 3.31. The molecule has 0 fully saturated rings. The molecule has 2 N–H and O–H groups in total. The first-order valence-electron chi connectivity index (χ1n) is 8.49. The van der Waals surface area contributed by atoms with Crippen molar-refractivity contribution in [2.75, 3.05) is 11.1 Å². The molecule has 0 saturated heterocycles. The highest BCUT2D eigenvalue weighted by molar-refractivity contribution is 9.10. The van der Waals surface area contributed by atoms with Crippen LogP contribution in [0.15, 0.2) is 56.7 Å². The molecule has 0 aliphatic heterocycles. The van der Waals surface area contributed by atoms with E-state index in [4.69, 9.17) is 4.42 Å². The van der Waals surface area contributed by atoms with Crippen LogP contribution in [-0.2, 0) is 17.9 Å². The Kier molecular flexibility index (Phi) is 6.88. The second-order valence-corrected chi connectivity index (χ2v) is 7.42. The van der Waals surface area contributed by atoms with Crippen LogP contribution in [0.3, 0.4) is 0 Å². The Morgan fingerprint density at radius 3 is 2.75 bits per heavy atom. The summed E-state index contributed by atoms with van der Waals surface area (Å²) in [5, 5.41) is 14.5. The van der Waals surface area contributed by atoms with Crippen molar-refractivity contribution < 1.29 is 14.0 Å². The van der Waals surface area contributed by atoms with Crippen molar-refractivity contribution in [1.29, 1.82) is 0 Å². The first-order valence-corrected chi connectivity index (χ1v) is 10.3. The minimum absolute atomic E-state index is 0.143. The van der Waals surface area contributed by atoms with Gasteiger partial charge in [-0.25, -0.2) is 0 Å². The topological polar surface area (TPSA) is 102 Å². The molecule has 0 bridgehead atoms. The van der Waals surface area contributed by atoms with Gasteiger partial charge in [0.05, 0.1) is 24.2 Å². The molecule has 8 nitrogen and oxygen atoms in total. The lowest BCUT2D eigenvalue weighted by Crippen LogP contribution is -2.24. The lowest BCUT2D eigenvalue weighted by atomic mass is 10.3. The standard InChI is InChI=1S/C18H18BrN5O3S/c1-2-24-15(10-20-17(26)14-8-5-9-27-14)22-23-18(24)28-11-16(25)21-13-7-4-3-6-12(13)19/h3-9H,2,10-11H2,1H3,(H,20,26)(H,21,25). The Labute approximate surface area is 174 Å². The van der Waals surface area contributed by atoms with Gasteiger partial charge in [0.2, 0.25) is 5.91 Å². The molecule has 0 saturated carbocycles. The fourth-order valence-corrected chi connectivity index (χ4v) is 3.61. The molecule has 0 aliphatic carbocycles. The summed E-state index contributed by atoms with van der Waals surface area (Å²) < 4.78 is 7.74. The number of benzene rings is 1. The smallest absolute Gasteiger partial charge is 0.287 e. The second kappa shape index (κ2) is 9.56. The Balaban J connectivity index is 1.56. The van der Waals surface area contributed by atoms with Gasteiger partial charge in [0.25, 0.3) is 5.91 Å². The molecular formula is C18H18BrN5O3S. The molecule has 0 unspecified atom stereocenters. The Morgan fingerprint density at radius 2 is 2.04 bits per heavy atom. The largest absolute Gasteiger partial charge is 0.459 e. The molecule has 2 aromatic heterocycles. The number of nitrogens with zero attached hydrogens (tertiary/aromatic N) is 3. The molecule has 2 amide bonds. The van der Waals surface area contributed by atoms with Crippen LogP contribution in [0, 0.1) is 0 Å². The number of hydrogen-bond acceptors (Lipinski definition) is 6. The fourth-order valence-electron chi connectivity index (χ4n) is 2.41. The number of thioether (sulfide) groups is 1. The van der Waals surface area contributed by atoms with E-state index in [1.807, 2.05) is 35.8 Å². The quantitative estimate of drug-likeness (QED) is 0.496. The summed E-state index contributed by atoms with van der Waals surface area (Å²) >= 11 is 4.69. The van der Waals surface area contributed by atoms with Crippen molar-refractivity contribution in [2.45, 2.75) is 25.2 Å². The van der Waals surface area contributed by atoms with Crippen LogP contribution >= 0.6 is 27.7 Å². The van der Waals surface area contributed by atoms with E-state index >= 15 is 0 Å². The zero-order valence-corrected chi connectivity index (χ0v) is 17.4. The number of rotatable bonds is 8. The minimum Gasteiger partial charge on any atom is -0.459 e. The number of hydrogen-bond donors (Lipinski definition) is 2. The van der Waals surface area contributed by atoms with Gasteiger partial charge in [-0.05, 0) is 47.1 Å². The van der Waals surface area contributed by atoms with E-state index in [-0.39, 0.29) is 29.9 Å². The molecule has 0 aliphatic rings. The molecule has 3 rings (SSSR count). The average molecular weight is 464 g/mol. The van der Waals surface area contributed by atoms with E-state index in [0.29, 0.717) is 23.2 Å². The number of amides is 2. The summed E-state index contributed by atoms with van der Waals surface area (Å²) in [5.74, 6) is 0.572. The van der Waals surface area contributed by atoms with Gasteiger partial charge in [-0.3, -0.25) is 9.59 Å². The van der Waals surface area contributed by atoms with Crippen molar-refractivity contribution in [3.63, 3.8) is 0 Å². The number of para-hydroxylation sites is 1. The van der Waals surface area contributed by atoms with Crippen molar-refractivity contribution in [2.24, 2.45) is 0 Å². The van der Waals surface area contributed by atoms with Crippen molar-refractivity contribution in [3.8, 4) is 0 Å². The van der Waals surface area contributed by atoms with E-state index in [2.05, 4.69) is 36.8 Å². The average Bonchev–Trinajstić information content (AvgIpc) is 3.36. The lowest BCUT2D eigenvalue weighted by molar-refractivity contribution is -0.113. The first kappa shape index (κ1) is 20.2. The van der Waals surface area contributed by atoms with Gasteiger partial charge in [-0.15, -0.1) is 10.2 Å². The summed E-state index contributed by atoms with van der Waals surface area (Å²) in [6.07, 6.45) is 1.44. The van der Waals surface area contributed by atoms with Gasteiger partial charge in [0.15, 0.2) is 16.7 Å². The Bertz CT molecular complexity index is 958. The number of aromatic nitrogens is 3. The molecule has 1 aromatic carbocycles. The van der Waals surface area contributed by atoms with Gasteiger partial charge in [0, 0.05) is 11.0 Å². The maximum absolute atomic E-state index is 12.2. The van der Waals surface area contributed by atoms with Crippen LogP contribution in [0.2, 0.25) is 0 Å². The predicted molar refractivity (Wildman–Crippen MR) is 109 cm³/mol. The molecule has 0 radical (unpaired) electrons. The highest BCUT2D eigenvalue weighted by Gasteiger charge is 2.15. The summed E-state index contributed by atoms with van der Waals surface area (Å²) in [4.78, 5) is 24.2. The molecule has 3 aromatic rings. The third-order valence-electron chi connectivity index (χ3n) is 3.74. The number of carbonyl (C=O) groups excluding carboxylic acids is 2. The molecular weight excluding hydrogens is 446 g/mol. The SMILES string of the molecule is CCn1c(CNC(=O)c2ccco2)nnc1SCC(=O)Nc1ccccc1Br. The van der Waals surface area contributed by atoms with Crippen LogP contribution in [0.4, 0.5) is 5.69 Å². The number of halogens is 1. The van der Waals surface area contributed by atoms with Crippen LogP contribution in [0.25, 0.3) is 0 Å². The Hall–Kier alpha value is -2.59. The molecule has 2 heterocycles. The highest BCUT2D eigenvalue weighted by Crippen LogP contribution is 2.22. The summed E-state index contributed by atoms with van der Waals surface area (Å²) in [5.41, 5.74) is 0.714. The van der Waals surface area contributed by atoms with Gasteiger partial charge < -0.3 is 19.6 Å². The molecule has 0 spiro atoms. The maximum Gasteiger partial charge on any atom is 0.287 e. The number of carbonyl (C=O) groups is 2. The summed E-state index contributed by atoms with van der Waals surface area (Å²) in [7, 11) is 0. The summed E-state index contributed by atoms with van der Waals surface area (Å²) in [6.45, 7) is 2.78. The summed E-state index contributed by atoms with van der Waals surface area (Å²) in [6, 6.07) is 10.7. The van der Waals surface area contributed by atoms with E-state index in [1.54, 1.807) is 12.1 Å². The number of anilines is 1.